The average molecular weight is 334 g/mol. The normalized spacial score (nSPS) is 10.5. The average Bonchev–Trinajstić information content (AvgIpc) is 2.38. The van der Waals surface area contributed by atoms with Crippen LogP contribution >= 0.6 is 15.9 Å². The maximum atomic E-state index is 14.2. The van der Waals surface area contributed by atoms with Crippen molar-refractivity contribution < 1.29 is 19.0 Å². The Balaban J connectivity index is 2.99. The lowest BCUT2D eigenvalue weighted by molar-refractivity contribution is 0.0695. The molecule has 0 saturated carbocycles. The molecule has 4 nitrogen and oxygen atoms in total. The summed E-state index contributed by atoms with van der Waals surface area (Å²) >= 11 is 3.00. The summed E-state index contributed by atoms with van der Waals surface area (Å²) in [4.78, 5) is 12.7. The molecule has 0 saturated heterocycles. The molecule has 0 atom stereocenters. The van der Waals surface area contributed by atoms with E-state index in [4.69, 9.17) is 9.84 Å². The van der Waals surface area contributed by atoms with Crippen LogP contribution in [-0.2, 0) is 4.74 Å². The molecule has 0 spiro atoms. The maximum Gasteiger partial charge on any atom is 0.336 e. The van der Waals surface area contributed by atoms with E-state index in [0.717, 1.165) is 0 Å². The minimum Gasteiger partial charge on any atom is -0.478 e. The van der Waals surface area contributed by atoms with E-state index in [2.05, 4.69) is 15.9 Å². The standard InChI is InChI=1S/C13H17BrFNO3/c1-3-16(7-8-19-4-2)10-6-5-9(13(17)18)11(14)12(10)15/h5-6H,3-4,7-8H2,1-2H3,(H,17,18). The Labute approximate surface area is 120 Å². The van der Waals surface area contributed by atoms with Gasteiger partial charge in [0.15, 0.2) is 5.82 Å². The van der Waals surface area contributed by atoms with Gasteiger partial charge in [0.2, 0.25) is 0 Å². The van der Waals surface area contributed by atoms with Crippen LogP contribution in [-0.4, -0.2) is 37.4 Å². The smallest absolute Gasteiger partial charge is 0.336 e. The molecule has 0 aromatic heterocycles. The lowest BCUT2D eigenvalue weighted by Gasteiger charge is -2.24. The van der Waals surface area contributed by atoms with Crippen molar-refractivity contribution in [1.82, 2.24) is 0 Å². The Bertz CT molecular complexity index is 454. The van der Waals surface area contributed by atoms with Gasteiger partial charge < -0.3 is 14.7 Å². The summed E-state index contributed by atoms with van der Waals surface area (Å²) in [5.74, 6) is -1.71. The van der Waals surface area contributed by atoms with Crippen LogP contribution in [0.15, 0.2) is 16.6 Å². The van der Waals surface area contributed by atoms with Crippen molar-refractivity contribution in [3.63, 3.8) is 0 Å². The van der Waals surface area contributed by atoms with E-state index >= 15 is 0 Å². The highest BCUT2D eigenvalue weighted by molar-refractivity contribution is 9.10. The van der Waals surface area contributed by atoms with Gasteiger partial charge in [0.25, 0.3) is 0 Å². The van der Waals surface area contributed by atoms with Gasteiger partial charge in [-0.3, -0.25) is 0 Å². The van der Waals surface area contributed by atoms with Crippen LogP contribution in [0, 0.1) is 5.82 Å². The van der Waals surface area contributed by atoms with E-state index in [-0.39, 0.29) is 10.0 Å². The third-order valence-electron chi connectivity index (χ3n) is 2.72. The second kappa shape index (κ2) is 7.45. The van der Waals surface area contributed by atoms with Crippen molar-refractivity contribution in [3.05, 3.63) is 28.0 Å². The van der Waals surface area contributed by atoms with E-state index in [1.54, 1.807) is 4.90 Å². The Morgan fingerprint density at radius 2 is 2.16 bits per heavy atom. The van der Waals surface area contributed by atoms with Gasteiger partial charge in [0.1, 0.15) is 0 Å². The lowest BCUT2D eigenvalue weighted by atomic mass is 10.2. The fourth-order valence-electron chi connectivity index (χ4n) is 1.72. The number of hydrogen-bond donors (Lipinski definition) is 1. The summed E-state index contributed by atoms with van der Waals surface area (Å²) in [6.07, 6.45) is 0. The van der Waals surface area contributed by atoms with Crippen molar-refractivity contribution in [2.75, 3.05) is 31.2 Å². The molecule has 1 aromatic rings. The monoisotopic (exact) mass is 333 g/mol. The molecule has 1 rings (SSSR count). The van der Waals surface area contributed by atoms with Crippen molar-refractivity contribution in [1.29, 1.82) is 0 Å². The molecule has 0 aliphatic carbocycles. The van der Waals surface area contributed by atoms with Gasteiger partial charge in [-0.1, -0.05) is 0 Å². The van der Waals surface area contributed by atoms with Gasteiger partial charge in [-0.15, -0.1) is 0 Å². The minimum absolute atomic E-state index is 0.0210. The molecular formula is C13H17BrFNO3. The lowest BCUT2D eigenvalue weighted by Crippen LogP contribution is -2.28. The van der Waals surface area contributed by atoms with Gasteiger partial charge in [0.05, 0.1) is 22.3 Å². The van der Waals surface area contributed by atoms with Crippen LogP contribution in [0.4, 0.5) is 10.1 Å². The second-order valence-electron chi connectivity index (χ2n) is 3.84. The number of carboxylic acid groups (broad SMARTS) is 1. The molecule has 0 aliphatic heterocycles. The van der Waals surface area contributed by atoms with Crippen molar-refractivity contribution in [2.24, 2.45) is 0 Å². The van der Waals surface area contributed by atoms with E-state index in [0.29, 0.717) is 32.0 Å². The quantitative estimate of drug-likeness (QED) is 0.779. The van der Waals surface area contributed by atoms with Gasteiger partial charge in [0, 0.05) is 19.7 Å². The first-order valence-electron chi connectivity index (χ1n) is 6.06. The Kier molecular flexibility index (Phi) is 6.24. The first-order valence-corrected chi connectivity index (χ1v) is 6.86. The molecule has 0 heterocycles. The highest BCUT2D eigenvalue weighted by atomic mass is 79.9. The molecule has 0 aliphatic rings. The van der Waals surface area contributed by atoms with E-state index in [9.17, 15) is 9.18 Å². The molecule has 0 bridgehead atoms. The molecule has 19 heavy (non-hydrogen) atoms. The number of likely N-dealkylation sites (N-methyl/N-ethyl adjacent to an activating group) is 1. The Morgan fingerprint density at radius 1 is 1.47 bits per heavy atom. The molecule has 6 heteroatoms. The number of halogens is 2. The molecule has 1 aromatic carbocycles. The number of ether oxygens (including phenoxy) is 1. The van der Waals surface area contributed by atoms with Gasteiger partial charge in [-0.05, 0) is 41.9 Å². The Hall–Kier alpha value is -1.14. The number of hydrogen-bond acceptors (Lipinski definition) is 3. The number of carboxylic acids is 1. The third kappa shape index (κ3) is 3.91. The molecule has 0 fully saturated rings. The predicted molar refractivity (Wildman–Crippen MR) is 75.4 cm³/mol. The van der Waals surface area contributed by atoms with E-state index in [1.807, 2.05) is 13.8 Å². The zero-order valence-electron chi connectivity index (χ0n) is 10.9. The van der Waals surface area contributed by atoms with Crippen LogP contribution in [0.5, 0.6) is 0 Å². The summed E-state index contributed by atoms with van der Waals surface area (Å²) in [6.45, 7) is 6.09. The molecular weight excluding hydrogens is 317 g/mol. The zero-order valence-corrected chi connectivity index (χ0v) is 12.5. The molecule has 0 amide bonds. The zero-order chi connectivity index (χ0) is 14.4. The topological polar surface area (TPSA) is 49.8 Å². The molecule has 0 radical (unpaired) electrons. The first-order chi connectivity index (χ1) is 9.02. The Morgan fingerprint density at radius 3 is 2.68 bits per heavy atom. The summed E-state index contributed by atoms with van der Waals surface area (Å²) in [5.41, 5.74) is 0.293. The SMILES string of the molecule is CCOCCN(CC)c1ccc(C(=O)O)c(Br)c1F. The number of carbonyl (C=O) groups is 1. The molecule has 1 N–H and O–H groups in total. The van der Waals surface area contributed by atoms with Gasteiger partial charge in [-0.2, -0.15) is 0 Å². The van der Waals surface area contributed by atoms with Gasteiger partial charge >= 0.3 is 5.97 Å². The summed E-state index contributed by atoms with van der Waals surface area (Å²) in [5, 5.41) is 8.92. The summed E-state index contributed by atoms with van der Waals surface area (Å²) in [6, 6.07) is 2.88. The fourth-order valence-corrected chi connectivity index (χ4v) is 2.22. The largest absolute Gasteiger partial charge is 0.478 e. The number of nitrogens with zero attached hydrogens (tertiary/aromatic N) is 1. The van der Waals surface area contributed by atoms with Crippen LogP contribution in [0.25, 0.3) is 0 Å². The number of anilines is 1. The first kappa shape index (κ1) is 15.9. The number of aromatic carboxylic acids is 1. The fraction of sp³-hybridized carbons (Fsp3) is 0.462. The second-order valence-corrected chi connectivity index (χ2v) is 4.63. The van der Waals surface area contributed by atoms with Crippen LogP contribution in [0.1, 0.15) is 24.2 Å². The highest BCUT2D eigenvalue weighted by Crippen LogP contribution is 2.29. The van der Waals surface area contributed by atoms with Crippen molar-refractivity contribution in [3.8, 4) is 0 Å². The van der Waals surface area contributed by atoms with Crippen molar-refractivity contribution >= 4 is 27.6 Å². The van der Waals surface area contributed by atoms with Crippen LogP contribution in [0.2, 0.25) is 0 Å². The van der Waals surface area contributed by atoms with Gasteiger partial charge in [-0.25, -0.2) is 9.18 Å². The van der Waals surface area contributed by atoms with E-state index < -0.39 is 11.8 Å². The molecule has 106 valence electrons. The maximum absolute atomic E-state index is 14.2. The third-order valence-corrected chi connectivity index (χ3v) is 3.50. The highest BCUT2D eigenvalue weighted by Gasteiger charge is 2.18. The van der Waals surface area contributed by atoms with E-state index in [1.165, 1.54) is 12.1 Å². The van der Waals surface area contributed by atoms with Crippen LogP contribution < -0.4 is 4.90 Å². The summed E-state index contributed by atoms with van der Waals surface area (Å²) in [7, 11) is 0. The number of rotatable bonds is 7. The molecule has 0 unspecified atom stereocenters. The summed E-state index contributed by atoms with van der Waals surface area (Å²) < 4.78 is 19.4. The van der Waals surface area contributed by atoms with Crippen molar-refractivity contribution in [2.45, 2.75) is 13.8 Å². The number of benzene rings is 1. The van der Waals surface area contributed by atoms with Crippen LogP contribution in [0.3, 0.4) is 0 Å². The predicted octanol–water partition coefficient (Wildman–Crippen LogP) is 3.15. The minimum atomic E-state index is -1.16.